The number of imidazole rings is 1. The van der Waals surface area contributed by atoms with Crippen LogP contribution in [0.15, 0.2) is 58.2 Å². The van der Waals surface area contributed by atoms with E-state index in [1.807, 2.05) is 6.33 Å². The summed E-state index contributed by atoms with van der Waals surface area (Å²) in [7, 11) is 0. The summed E-state index contributed by atoms with van der Waals surface area (Å²) in [4.78, 5) is 34.1. The summed E-state index contributed by atoms with van der Waals surface area (Å²) in [6.07, 6.45) is 16.1. The fourth-order valence-corrected chi connectivity index (χ4v) is 6.29. The molecule has 38 heavy (non-hydrogen) atoms. The van der Waals surface area contributed by atoms with Gasteiger partial charge >= 0.3 is 5.97 Å². The van der Waals surface area contributed by atoms with Gasteiger partial charge in [0.1, 0.15) is 21.9 Å². The first-order valence-corrected chi connectivity index (χ1v) is 14.9. The molecule has 0 amide bonds. The first kappa shape index (κ1) is 26.4. The number of thioether (sulfide) groups is 1. The number of hydrogen-bond acceptors (Lipinski definition) is 9. The quantitative estimate of drug-likeness (QED) is 0.0895. The molecule has 1 aromatic carbocycles. The zero-order chi connectivity index (χ0) is 26.2. The number of carboxylic acid groups (broad SMARTS) is 1. The predicted molar refractivity (Wildman–Crippen MR) is 150 cm³/mol. The molecule has 0 saturated carbocycles. The smallest absolute Gasteiger partial charge is 0.303 e. The van der Waals surface area contributed by atoms with E-state index >= 15 is 0 Å². The Hall–Kier alpha value is -3.18. The third-order valence-corrected chi connectivity index (χ3v) is 8.55. The lowest BCUT2D eigenvalue weighted by Gasteiger charge is -2.19. The number of nitrogens with zero attached hydrogens (tertiary/aromatic N) is 6. The molecule has 0 aliphatic carbocycles. The Morgan fingerprint density at radius 2 is 1.74 bits per heavy atom. The number of aliphatic carboxylic acids is 1. The van der Waals surface area contributed by atoms with Gasteiger partial charge < -0.3 is 15.0 Å². The van der Waals surface area contributed by atoms with Crippen molar-refractivity contribution in [1.29, 1.82) is 0 Å². The van der Waals surface area contributed by atoms with Crippen LogP contribution in [0.4, 0.5) is 11.5 Å². The SMILES string of the molecule is O=C(O)CCCCCCCCCCSc1ncnc2c1ncn2Cc1ccc2c(c1)Nc1nccnc1S2. The third kappa shape index (κ3) is 6.82. The van der Waals surface area contributed by atoms with Crippen LogP contribution in [0.25, 0.3) is 11.2 Å². The van der Waals surface area contributed by atoms with E-state index < -0.39 is 5.97 Å². The van der Waals surface area contributed by atoms with Crippen LogP contribution in [0.3, 0.4) is 0 Å². The van der Waals surface area contributed by atoms with Gasteiger partial charge in [-0.2, -0.15) is 0 Å². The van der Waals surface area contributed by atoms with Crippen LogP contribution in [0.5, 0.6) is 0 Å². The second kappa shape index (κ2) is 13.1. The van der Waals surface area contributed by atoms with Crippen LogP contribution < -0.4 is 5.32 Å². The average molecular weight is 550 g/mol. The van der Waals surface area contributed by atoms with E-state index in [1.54, 1.807) is 42.2 Å². The van der Waals surface area contributed by atoms with Crippen molar-refractivity contribution in [2.75, 3.05) is 11.1 Å². The largest absolute Gasteiger partial charge is 0.481 e. The van der Waals surface area contributed by atoms with Gasteiger partial charge in [-0.3, -0.25) is 4.79 Å². The number of benzene rings is 1. The third-order valence-electron chi connectivity index (χ3n) is 6.41. The number of carboxylic acids is 1. The minimum absolute atomic E-state index is 0.294. The molecular formula is C27H31N7O2S2. The van der Waals surface area contributed by atoms with Gasteiger partial charge in [-0.05, 0) is 36.3 Å². The van der Waals surface area contributed by atoms with Crippen molar-refractivity contribution in [3.8, 4) is 0 Å². The van der Waals surface area contributed by atoms with Crippen molar-refractivity contribution in [3.63, 3.8) is 0 Å². The number of anilines is 2. The number of hydrogen-bond donors (Lipinski definition) is 2. The predicted octanol–water partition coefficient (Wildman–Crippen LogP) is 6.56. The number of aromatic nitrogens is 6. The molecule has 198 valence electrons. The van der Waals surface area contributed by atoms with Crippen molar-refractivity contribution in [3.05, 3.63) is 48.8 Å². The molecule has 1 aliphatic heterocycles. The summed E-state index contributed by atoms with van der Waals surface area (Å²) in [5.74, 6) is 1.11. The minimum Gasteiger partial charge on any atom is -0.481 e. The molecule has 3 aromatic heterocycles. The highest BCUT2D eigenvalue weighted by molar-refractivity contribution is 7.99. The number of carbonyl (C=O) groups is 1. The first-order chi connectivity index (χ1) is 18.7. The Bertz CT molecular complexity index is 1400. The Balaban J connectivity index is 1.10. The maximum Gasteiger partial charge on any atom is 0.303 e. The maximum atomic E-state index is 10.5. The molecule has 4 heterocycles. The van der Waals surface area contributed by atoms with Gasteiger partial charge in [0.15, 0.2) is 11.5 Å². The van der Waals surface area contributed by atoms with E-state index in [1.165, 1.54) is 25.7 Å². The molecule has 11 heteroatoms. The fourth-order valence-electron chi connectivity index (χ4n) is 4.46. The topological polar surface area (TPSA) is 119 Å². The van der Waals surface area contributed by atoms with Crippen LogP contribution in [-0.2, 0) is 11.3 Å². The molecule has 2 N–H and O–H groups in total. The van der Waals surface area contributed by atoms with Gasteiger partial charge in [-0.25, -0.2) is 24.9 Å². The molecular weight excluding hydrogens is 518 g/mol. The summed E-state index contributed by atoms with van der Waals surface area (Å²) in [5.41, 5.74) is 3.89. The minimum atomic E-state index is -0.690. The lowest BCUT2D eigenvalue weighted by Crippen LogP contribution is -2.05. The van der Waals surface area contributed by atoms with E-state index in [0.717, 1.165) is 74.6 Å². The van der Waals surface area contributed by atoms with Crippen molar-refractivity contribution < 1.29 is 9.90 Å². The lowest BCUT2D eigenvalue weighted by atomic mass is 10.1. The van der Waals surface area contributed by atoms with Gasteiger partial charge in [0.05, 0.1) is 18.6 Å². The number of fused-ring (bicyclic) bond motifs is 3. The Kier molecular flexibility index (Phi) is 9.08. The van der Waals surface area contributed by atoms with E-state index in [2.05, 4.69) is 53.0 Å². The number of unbranched alkanes of at least 4 members (excludes halogenated alkanes) is 7. The van der Waals surface area contributed by atoms with Gasteiger partial charge in [0.25, 0.3) is 0 Å². The summed E-state index contributed by atoms with van der Waals surface area (Å²) in [6, 6.07) is 6.40. The van der Waals surface area contributed by atoms with Crippen LogP contribution >= 0.6 is 23.5 Å². The molecule has 0 atom stereocenters. The molecule has 5 rings (SSSR count). The highest BCUT2D eigenvalue weighted by Gasteiger charge is 2.18. The summed E-state index contributed by atoms with van der Waals surface area (Å²) in [5, 5.41) is 13.9. The van der Waals surface area contributed by atoms with Crippen molar-refractivity contribution in [2.24, 2.45) is 0 Å². The second-order valence-corrected chi connectivity index (χ2v) is 11.4. The first-order valence-electron chi connectivity index (χ1n) is 13.1. The Labute approximate surface area is 230 Å². The molecule has 4 aromatic rings. The van der Waals surface area contributed by atoms with E-state index in [0.29, 0.717) is 13.0 Å². The monoisotopic (exact) mass is 549 g/mol. The molecule has 0 spiro atoms. The van der Waals surface area contributed by atoms with Crippen molar-refractivity contribution in [1.82, 2.24) is 29.5 Å². The van der Waals surface area contributed by atoms with E-state index in [-0.39, 0.29) is 0 Å². The standard InChI is InChI=1S/C27H31N7O2S2/c35-22(36)9-7-5-3-1-2-4-6-8-14-37-26-23-25(30-17-31-26)34(18-32-23)16-19-10-11-21-20(15-19)33-24-27(38-21)29-13-12-28-24/h10-13,15,17-18H,1-9,14,16H2,(H,28,33)(H,35,36). The zero-order valence-electron chi connectivity index (χ0n) is 21.2. The molecule has 1 aliphatic rings. The van der Waals surface area contributed by atoms with E-state index in [9.17, 15) is 4.79 Å². The van der Waals surface area contributed by atoms with Gasteiger partial charge in [0, 0.05) is 23.7 Å². The van der Waals surface area contributed by atoms with Crippen LogP contribution in [0.2, 0.25) is 0 Å². The summed E-state index contributed by atoms with van der Waals surface area (Å²) >= 11 is 3.38. The maximum absolute atomic E-state index is 10.5. The van der Waals surface area contributed by atoms with Crippen molar-refractivity contribution in [2.45, 2.75) is 79.3 Å². The fraction of sp³-hybridized carbons (Fsp3) is 0.407. The van der Waals surface area contributed by atoms with Crippen molar-refractivity contribution >= 4 is 52.2 Å². The van der Waals surface area contributed by atoms with Crippen LogP contribution in [-0.4, -0.2) is 46.3 Å². The zero-order valence-corrected chi connectivity index (χ0v) is 22.8. The summed E-state index contributed by atoms with van der Waals surface area (Å²) in [6.45, 7) is 0.668. The summed E-state index contributed by atoms with van der Waals surface area (Å²) < 4.78 is 2.07. The Morgan fingerprint density at radius 1 is 0.947 bits per heavy atom. The molecule has 0 bridgehead atoms. The highest BCUT2D eigenvalue weighted by atomic mass is 32.2. The molecule has 0 saturated heterocycles. The molecule has 0 unspecified atom stereocenters. The van der Waals surface area contributed by atoms with E-state index in [4.69, 9.17) is 5.11 Å². The highest BCUT2D eigenvalue weighted by Crippen LogP contribution is 2.42. The molecule has 0 radical (unpaired) electrons. The second-order valence-electron chi connectivity index (χ2n) is 9.31. The van der Waals surface area contributed by atoms with Gasteiger partial charge in [-0.15, -0.1) is 11.8 Å². The molecule has 0 fully saturated rings. The lowest BCUT2D eigenvalue weighted by molar-refractivity contribution is -0.137. The number of nitrogens with one attached hydrogen (secondary N) is 1. The molecule has 9 nitrogen and oxygen atoms in total. The van der Waals surface area contributed by atoms with Crippen LogP contribution in [0.1, 0.15) is 63.4 Å². The van der Waals surface area contributed by atoms with Crippen LogP contribution in [0, 0.1) is 0 Å². The van der Waals surface area contributed by atoms with Gasteiger partial charge in [-0.1, -0.05) is 56.4 Å². The average Bonchev–Trinajstić information content (AvgIpc) is 3.33. The normalized spacial score (nSPS) is 12.2. The van der Waals surface area contributed by atoms with Gasteiger partial charge in [0.2, 0.25) is 0 Å². The Morgan fingerprint density at radius 3 is 2.58 bits per heavy atom. The number of rotatable bonds is 14.